The minimum Gasteiger partial charge on any atom is -0.506 e. The van der Waals surface area contributed by atoms with Crippen molar-refractivity contribution in [2.24, 2.45) is 0 Å². The van der Waals surface area contributed by atoms with E-state index in [4.69, 9.17) is 14.2 Å². The van der Waals surface area contributed by atoms with Crippen LogP contribution < -0.4 is 0 Å². The van der Waals surface area contributed by atoms with Crippen molar-refractivity contribution in [3.8, 4) is 5.75 Å². The van der Waals surface area contributed by atoms with E-state index in [9.17, 15) is 14.1 Å². The molecule has 0 saturated heterocycles. The first kappa shape index (κ1) is 21.0. The van der Waals surface area contributed by atoms with Crippen LogP contribution in [0.25, 0.3) is 0 Å². The lowest BCUT2D eigenvalue weighted by Crippen LogP contribution is -2.27. The van der Waals surface area contributed by atoms with Gasteiger partial charge in [-0.05, 0) is 48.0 Å². The molecule has 0 amide bonds. The number of aliphatic hydroxyl groups excluding tert-OH is 1. The first-order chi connectivity index (χ1) is 10.8. The highest BCUT2D eigenvalue weighted by Gasteiger charge is 2.45. The zero-order chi connectivity index (χ0) is 18.8. The van der Waals surface area contributed by atoms with Gasteiger partial charge in [0.1, 0.15) is 5.75 Å². The van der Waals surface area contributed by atoms with Crippen molar-refractivity contribution in [1.29, 1.82) is 0 Å². The predicted octanol–water partition coefficient (Wildman–Crippen LogP) is 4.11. The van der Waals surface area contributed by atoms with Gasteiger partial charge in [-0.15, -0.1) is 0 Å². The number of rotatable bonds is 6. The van der Waals surface area contributed by atoms with Crippen molar-refractivity contribution in [2.75, 3.05) is 6.61 Å². The smallest absolute Gasteiger partial charge is 0.339 e. The van der Waals surface area contributed by atoms with Gasteiger partial charge < -0.3 is 14.7 Å². The molecule has 0 radical (unpaired) electrons. The Kier molecular flexibility index (Phi) is 6.56. The third kappa shape index (κ3) is 5.24. The van der Waals surface area contributed by atoms with E-state index in [0.29, 0.717) is 0 Å². The molecule has 1 rings (SSSR count). The molecule has 0 fully saturated rings. The van der Waals surface area contributed by atoms with Crippen molar-refractivity contribution in [1.82, 2.24) is 4.98 Å². The van der Waals surface area contributed by atoms with Crippen LogP contribution in [-0.4, -0.2) is 32.6 Å². The van der Waals surface area contributed by atoms with Gasteiger partial charge in [-0.2, -0.15) is 0 Å². The number of hydrogen-bond acceptors (Lipinski definition) is 6. The van der Waals surface area contributed by atoms with Gasteiger partial charge in [0.25, 0.3) is 0 Å². The molecule has 0 aliphatic carbocycles. The summed E-state index contributed by atoms with van der Waals surface area (Å²) in [7, 11) is -3.85. The third-order valence-corrected chi connectivity index (χ3v) is 6.02. The topological polar surface area (TPSA) is 88.9 Å². The monoisotopic (exact) mass is 363 g/mol. The highest BCUT2D eigenvalue weighted by molar-refractivity contribution is 7.55. The molecule has 138 valence electrons. The Labute approximate surface area is 142 Å². The molecule has 1 aromatic rings. The molecule has 6 nitrogen and oxygen atoms in total. The maximum absolute atomic E-state index is 14.8. The summed E-state index contributed by atoms with van der Waals surface area (Å²) in [6, 6.07) is 0. The minimum absolute atomic E-state index is 0.0212. The van der Waals surface area contributed by atoms with Gasteiger partial charge in [-0.1, -0.05) is 0 Å². The van der Waals surface area contributed by atoms with Crippen molar-refractivity contribution in [2.45, 2.75) is 65.1 Å². The van der Waals surface area contributed by atoms with Gasteiger partial charge in [-0.3, -0.25) is 14.1 Å². The molecule has 0 spiro atoms. The minimum atomic E-state index is -3.85. The molecule has 1 aromatic heterocycles. The predicted molar refractivity (Wildman–Crippen MR) is 89.8 cm³/mol. The van der Waals surface area contributed by atoms with E-state index in [-0.39, 0.29) is 29.9 Å². The number of aromatic nitrogens is 1. The molecule has 2 N–H and O–H groups in total. The van der Waals surface area contributed by atoms with E-state index < -0.39 is 24.7 Å². The second-order valence-electron chi connectivity index (χ2n) is 7.49. The maximum atomic E-state index is 14.8. The average Bonchev–Trinajstić information content (AvgIpc) is 2.37. The number of aromatic hydroxyl groups is 1. The van der Waals surface area contributed by atoms with E-state index in [1.165, 1.54) is 6.20 Å². The van der Waals surface area contributed by atoms with Crippen molar-refractivity contribution in [3.63, 3.8) is 0 Å². The second kappa shape index (κ2) is 7.48. The van der Waals surface area contributed by atoms with Crippen LogP contribution in [0.2, 0.25) is 0 Å². The lowest BCUT2D eigenvalue weighted by molar-refractivity contribution is 0.0124. The van der Waals surface area contributed by atoms with Gasteiger partial charge in [0.05, 0.1) is 17.0 Å². The largest absolute Gasteiger partial charge is 0.506 e. The maximum Gasteiger partial charge on any atom is 0.339 e. The van der Waals surface area contributed by atoms with Crippen LogP contribution in [0.4, 0.5) is 4.39 Å². The summed E-state index contributed by atoms with van der Waals surface area (Å²) in [6.07, 6.45) is 0.238. The number of hydrogen-bond donors (Lipinski definition) is 2. The number of aliphatic hydroxyl groups is 1. The number of halogens is 1. The summed E-state index contributed by atoms with van der Waals surface area (Å²) in [4.78, 5) is 3.73. The summed E-state index contributed by atoms with van der Waals surface area (Å²) >= 11 is 0. The van der Waals surface area contributed by atoms with Crippen LogP contribution in [0.1, 0.15) is 59.0 Å². The molecule has 24 heavy (non-hydrogen) atoms. The molecule has 0 saturated carbocycles. The van der Waals surface area contributed by atoms with Crippen LogP contribution in [-0.2, 0) is 20.0 Å². The second-order valence-corrected chi connectivity index (χ2v) is 10.2. The molecule has 2 unspecified atom stereocenters. The fraction of sp³-hybridized carbons (Fsp3) is 0.688. The molecular formula is C16H27FNO5P. The summed E-state index contributed by atoms with van der Waals surface area (Å²) in [5.74, 6) is -0.255. The standard InChI is InChI=1S/C16H27FNO5P/c1-15(2,3)23-24(21,16(4,5)6)22-14(17)12-9-18-10-13(20)11(12)7-8-19/h9-10,14,19-20H,7-8H2,1-6H3. The Hall–Kier alpha value is -1.01. The zero-order valence-electron chi connectivity index (χ0n) is 15.0. The van der Waals surface area contributed by atoms with Gasteiger partial charge in [0.15, 0.2) is 0 Å². The highest BCUT2D eigenvalue weighted by Crippen LogP contribution is 2.64. The SMILES string of the molecule is CC(C)(C)OP(=O)(OC(F)c1cncc(O)c1CCO)C(C)(C)C. The molecule has 0 aliphatic heterocycles. The van der Waals surface area contributed by atoms with Crippen LogP contribution in [0.3, 0.4) is 0 Å². The molecule has 8 heteroatoms. The number of pyridine rings is 1. The highest BCUT2D eigenvalue weighted by atomic mass is 31.2. The fourth-order valence-corrected chi connectivity index (χ4v) is 3.64. The summed E-state index contributed by atoms with van der Waals surface area (Å²) < 4.78 is 38.8. The van der Waals surface area contributed by atoms with Crippen molar-refractivity contribution >= 4 is 7.60 Å². The van der Waals surface area contributed by atoms with Crippen LogP contribution in [0.5, 0.6) is 5.75 Å². The Balaban J connectivity index is 3.21. The quantitative estimate of drug-likeness (QED) is 0.739. The van der Waals surface area contributed by atoms with Crippen LogP contribution in [0, 0.1) is 0 Å². The van der Waals surface area contributed by atoms with Crippen LogP contribution in [0.15, 0.2) is 12.4 Å². The van der Waals surface area contributed by atoms with E-state index in [2.05, 4.69) is 4.98 Å². The van der Waals surface area contributed by atoms with Gasteiger partial charge in [0.2, 0.25) is 6.36 Å². The normalized spacial score (nSPS) is 16.7. The molecule has 1 heterocycles. The van der Waals surface area contributed by atoms with Crippen molar-refractivity contribution in [3.05, 3.63) is 23.5 Å². The molecule has 0 aliphatic rings. The molecule has 2 atom stereocenters. The Morgan fingerprint density at radius 3 is 2.29 bits per heavy atom. The average molecular weight is 363 g/mol. The summed E-state index contributed by atoms with van der Waals surface area (Å²) in [5, 5.41) is 18.0. The number of nitrogens with zero attached hydrogens (tertiary/aromatic N) is 1. The lowest BCUT2D eigenvalue weighted by Gasteiger charge is -2.35. The lowest BCUT2D eigenvalue weighted by atomic mass is 10.1. The molecule has 0 bridgehead atoms. The van der Waals surface area contributed by atoms with Gasteiger partial charge in [-0.25, -0.2) is 4.39 Å². The summed E-state index contributed by atoms with van der Waals surface area (Å²) in [6.45, 7) is 9.75. The van der Waals surface area contributed by atoms with Gasteiger partial charge >= 0.3 is 7.60 Å². The molecular weight excluding hydrogens is 336 g/mol. The number of alkyl halides is 1. The Bertz CT molecular complexity index is 609. The Morgan fingerprint density at radius 1 is 1.25 bits per heavy atom. The Morgan fingerprint density at radius 2 is 1.83 bits per heavy atom. The van der Waals surface area contributed by atoms with Gasteiger partial charge in [0, 0.05) is 23.9 Å². The van der Waals surface area contributed by atoms with E-state index in [1.807, 2.05) is 0 Å². The van der Waals surface area contributed by atoms with Crippen molar-refractivity contribution < 1.29 is 28.2 Å². The third-order valence-electron chi connectivity index (χ3n) is 3.12. The summed E-state index contributed by atoms with van der Waals surface area (Å²) in [5.41, 5.74) is -0.713. The first-order valence-corrected chi connectivity index (χ1v) is 9.25. The first-order valence-electron chi connectivity index (χ1n) is 7.71. The zero-order valence-corrected chi connectivity index (χ0v) is 15.9. The van der Waals surface area contributed by atoms with E-state index in [0.717, 1.165) is 6.20 Å². The fourth-order valence-electron chi connectivity index (χ4n) is 1.93. The van der Waals surface area contributed by atoms with E-state index >= 15 is 0 Å². The van der Waals surface area contributed by atoms with E-state index in [1.54, 1.807) is 41.5 Å². The van der Waals surface area contributed by atoms with Crippen LogP contribution >= 0.6 is 7.60 Å². The molecule has 0 aromatic carbocycles.